The van der Waals surface area contributed by atoms with E-state index in [-0.39, 0.29) is 0 Å². The van der Waals surface area contributed by atoms with Crippen LogP contribution < -0.4 is 0 Å². The summed E-state index contributed by atoms with van der Waals surface area (Å²) < 4.78 is 33.8. The topological polar surface area (TPSA) is 50.5 Å². The highest BCUT2D eigenvalue weighted by Gasteiger charge is 2.29. The first kappa shape index (κ1) is 16.1. The Morgan fingerprint density at radius 3 is 2.52 bits per heavy atom. The standard InChI is InChI=1S/C20H19NO3S/c22-25(23,21-13-6-10-19-17(15-21)12-14-24-19)20-11-5-4-9-18(20)16-7-2-1-3-8-16/h1-5,7-9,11-12,14H,6,10,13,15H2. The van der Waals surface area contributed by atoms with Gasteiger partial charge in [-0.05, 0) is 24.1 Å². The zero-order valence-corrected chi connectivity index (χ0v) is 14.6. The Morgan fingerprint density at radius 1 is 0.920 bits per heavy atom. The zero-order chi connectivity index (χ0) is 17.3. The van der Waals surface area contributed by atoms with Crippen molar-refractivity contribution in [1.82, 2.24) is 4.31 Å². The summed E-state index contributed by atoms with van der Waals surface area (Å²) in [6, 6.07) is 18.7. The molecule has 0 spiro atoms. The van der Waals surface area contributed by atoms with E-state index in [1.165, 1.54) is 0 Å². The van der Waals surface area contributed by atoms with Gasteiger partial charge in [-0.1, -0.05) is 48.5 Å². The molecule has 4 rings (SSSR count). The maximum Gasteiger partial charge on any atom is 0.243 e. The molecule has 0 aliphatic carbocycles. The lowest BCUT2D eigenvalue weighted by atomic mass is 10.1. The van der Waals surface area contributed by atoms with Gasteiger partial charge in [0.15, 0.2) is 0 Å². The number of aryl methyl sites for hydroxylation is 1. The molecular weight excluding hydrogens is 334 g/mol. The summed E-state index contributed by atoms with van der Waals surface area (Å²) in [5.74, 6) is 0.897. The van der Waals surface area contributed by atoms with Gasteiger partial charge < -0.3 is 4.42 Å². The van der Waals surface area contributed by atoms with Crippen LogP contribution in [-0.2, 0) is 23.0 Å². The maximum atomic E-state index is 13.4. The molecular formula is C20H19NO3S. The van der Waals surface area contributed by atoms with E-state index in [0.29, 0.717) is 18.0 Å². The van der Waals surface area contributed by atoms with Crippen LogP contribution in [0.2, 0.25) is 0 Å². The number of benzene rings is 2. The minimum absolute atomic E-state index is 0.355. The minimum atomic E-state index is -3.59. The van der Waals surface area contributed by atoms with Gasteiger partial charge in [0.2, 0.25) is 10.0 Å². The summed E-state index contributed by atoms with van der Waals surface area (Å²) in [6.07, 6.45) is 3.17. The first-order valence-corrected chi connectivity index (χ1v) is 9.80. The monoisotopic (exact) mass is 353 g/mol. The lowest BCUT2D eigenvalue weighted by Gasteiger charge is -2.22. The van der Waals surface area contributed by atoms with Crippen molar-refractivity contribution in [2.45, 2.75) is 24.3 Å². The first-order chi connectivity index (χ1) is 12.2. The molecule has 1 aromatic heterocycles. The molecule has 1 aliphatic rings. The second-order valence-corrected chi connectivity index (χ2v) is 8.08. The number of fused-ring (bicyclic) bond motifs is 1. The summed E-state index contributed by atoms with van der Waals surface area (Å²) >= 11 is 0. The van der Waals surface area contributed by atoms with E-state index in [1.807, 2.05) is 48.5 Å². The van der Waals surface area contributed by atoms with Crippen LogP contribution in [0.1, 0.15) is 17.7 Å². The van der Waals surface area contributed by atoms with Gasteiger partial charge >= 0.3 is 0 Å². The SMILES string of the molecule is O=S(=O)(c1ccccc1-c1ccccc1)N1CCCc2occc2C1. The third-order valence-corrected chi connectivity index (χ3v) is 6.49. The summed E-state index contributed by atoms with van der Waals surface area (Å²) in [5, 5.41) is 0. The Hall–Kier alpha value is -2.37. The molecule has 0 amide bonds. The fourth-order valence-electron chi connectivity index (χ4n) is 3.30. The summed E-state index contributed by atoms with van der Waals surface area (Å²) in [4.78, 5) is 0.355. The Morgan fingerprint density at radius 2 is 1.68 bits per heavy atom. The number of furan rings is 1. The molecule has 2 heterocycles. The molecule has 3 aromatic rings. The van der Waals surface area contributed by atoms with Crippen LogP contribution in [0.25, 0.3) is 11.1 Å². The largest absolute Gasteiger partial charge is 0.469 e. The molecule has 4 nitrogen and oxygen atoms in total. The summed E-state index contributed by atoms with van der Waals surface area (Å²) in [5.41, 5.74) is 2.60. The zero-order valence-electron chi connectivity index (χ0n) is 13.8. The number of rotatable bonds is 3. The number of hydrogen-bond donors (Lipinski definition) is 0. The van der Waals surface area contributed by atoms with Crippen molar-refractivity contribution in [3.05, 3.63) is 78.3 Å². The van der Waals surface area contributed by atoms with Crippen molar-refractivity contribution < 1.29 is 12.8 Å². The van der Waals surface area contributed by atoms with Gasteiger partial charge in [-0.25, -0.2) is 8.42 Å². The second-order valence-electron chi connectivity index (χ2n) is 6.17. The Labute approximate surface area is 147 Å². The van der Waals surface area contributed by atoms with E-state index < -0.39 is 10.0 Å². The molecule has 2 aromatic carbocycles. The first-order valence-electron chi connectivity index (χ1n) is 8.36. The molecule has 0 radical (unpaired) electrons. The second kappa shape index (κ2) is 6.50. The molecule has 5 heteroatoms. The highest BCUT2D eigenvalue weighted by Crippen LogP contribution is 2.31. The molecule has 25 heavy (non-hydrogen) atoms. The van der Waals surface area contributed by atoms with Gasteiger partial charge in [0, 0.05) is 30.6 Å². The number of nitrogens with zero attached hydrogens (tertiary/aromatic N) is 1. The average Bonchev–Trinajstić information content (AvgIpc) is 2.99. The lowest BCUT2D eigenvalue weighted by Crippen LogP contribution is -2.31. The van der Waals surface area contributed by atoms with Crippen molar-refractivity contribution in [2.75, 3.05) is 6.54 Å². The predicted molar refractivity (Wildman–Crippen MR) is 96.5 cm³/mol. The Bertz CT molecular complexity index is 977. The lowest BCUT2D eigenvalue weighted by molar-refractivity contribution is 0.409. The van der Waals surface area contributed by atoms with Gasteiger partial charge in [-0.2, -0.15) is 4.31 Å². The van der Waals surface area contributed by atoms with Crippen molar-refractivity contribution in [2.24, 2.45) is 0 Å². The summed E-state index contributed by atoms with van der Waals surface area (Å²) in [6.45, 7) is 0.854. The number of hydrogen-bond acceptors (Lipinski definition) is 3. The van der Waals surface area contributed by atoms with Gasteiger partial charge in [0.25, 0.3) is 0 Å². The highest BCUT2D eigenvalue weighted by atomic mass is 32.2. The van der Waals surface area contributed by atoms with E-state index in [4.69, 9.17) is 4.42 Å². The molecule has 128 valence electrons. The maximum absolute atomic E-state index is 13.4. The van der Waals surface area contributed by atoms with Crippen LogP contribution in [0.4, 0.5) is 0 Å². The van der Waals surface area contributed by atoms with Gasteiger partial charge in [0.05, 0.1) is 11.2 Å². The Balaban J connectivity index is 1.77. The normalized spacial score (nSPS) is 15.5. The van der Waals surface area contributed by atoms with Crippen molar-refractivity contribution >= 4 is 10.0 Å². The molecule has 0 bridgehead atoms. The summed E-state index contributed by atoms with van der Waals surface area (Å²) in [7, 11) is -3.59. The van der Waals surface area contributed by atoms with Gasteiger partial charge in [-0.15, -0.1) is 0 Å². The third kappa shape index (κ3) is 3.01. The van der Waals surface area contributed by atoms with Crippen molar-refractivity contribution in [3.63, 3.8) is 0 Å². The minimum Gasteiger partial charge on any atom is -0.469 e. The molecule has 1 aliphatic heterocycles. The molecule has 0 unspecified atom stereocenters. The van der Waals surface area contributed by atoms with Crippen LogP contribution in [-0.4, -0.2) is 19.3 Å². The third-order valence-electron chi connectivity index (χ3n) is 4.59. The van der Waals surface area contributed by atoms with Gasteiger partial charge in [0.1, 0.15) is 5.76 Å². The van der Waals surface area contributed by atoms with Crippen LogP contribution in [0, 0.1) is 0 Å². The number of sulfonamides is 1. The van der Waals surface area contributed by atoms with E-state index >= 15 is 0 Å². The van der Waals surface area contributed by atoms with E-state index in [1.54, 1.807) is 22.7 Å². The molecule has 0 saturated heterocycles. The fraction of sp³-hybridized carbons (Fsp3) is 0.200. The van der Waals surface area contributed by atoms with Crippen LogP contribution in [0.15, 0.2) is 76.2 Å². The molecule has 0 saturated carbocycles. The van der Waals surface area contributed by atoms with Crippen LogP contribution in [0.5, 0.6) is 0 Å². The quantitative estimate of drug-likeness (QED) is 0.713. The van der Waals surface area contributed by atoms with E-state index in [0.717, 1.165) is 35.3 Å². The molecule has 0 fully saturated rings. The molecule has 0 N–H and O–H groups in total. The molecule has 0 atom stereocenters. The smallest absolute Gasteiger partial charge is 0.243 e. The van der Waals surface area contributed by atoms with Crippen molar-refractivity contribution in [3.8, 4) is 11.1 Å². The van der Waals surface area contributed by atoms with E-state index in [9.17, 15) is 8.42 Å². The van der Waals surface area contributed by atoms with Gasteiger partial charge in [-0.3, -0.25) is 0 Å². The Kier molecular flexibility index (Phi) is 4.19. The predicted octanol–water partition coefficient (Wildman–Crippen LogP) is 4.08. The average molecular weight is 353 g/mol. The fourth-order valence-corrected chi connectivity index (χ4v) is 4.98. The van der Waals surface area contributed by atoms with Crippen LogP contribution >= 0.6 is 0 Å². The highest BCUT2D eigenvalue weighted by molar-refractivity contribution is 7.89. The van der Waals surface area contributed by atoms with E-state index in [2.05, 4.69) is 0 Å². The van der Waals surface area contributed by atoms with Crippen molar-refractivity contribution in [1.29, 1.82) is 0 Å². The van der Waals surface area contributed by atoms with Crippen LogP contribution in [0.3, 0.4) is 0 Å².